The van der Waals surface area contributed by atoms with Crippen LogP contribution in [-0.2, 0) is 14.3 Å². The number of nitriles is 1. The predicted molar refractivity (Wildman–Crippen MR) is 113 cm³/mol. The molecular formula is C22H22ClN3O4. The maximum atomic E-state index is 13.0. The van der Waals surface area contributed by atoms with Gasteiger partial charge in [-0.05, 0) is 52.0 Å². The first-order chi connectivity index (χ1) is 14.1. The number of nitrogens with zero attached hydrogens (tertiary/aromatic N) is 2. The summed E-state index contributed by atoms with van der Waals surface area (Å²) in [6.07, 6.45) is 0. The van der Waals surface area contributed by atoms with Crippen LogP contribution in [0.4, 0.5) is 0 Å². The number of esters is 1. The number of hydrogen-bond donors (Lipinski definition) is 1. The standard InChI is InChI=1S/C22H22ClN3O4/c1-11-17(21(27)30-22(2,3)4)18(15(10-24)20(25)29-11)14-9-12-8-13(28-5)6-7-16(12)26-19(14)23/h6-9,18H,25H2,1-5H3. The number of halogens is 1. The number of ether oxygens (including phenoxy) is 3. The Morgan fingerprint density at radius 1 is 1.33 bits per heavy atom. The summed E-state index contributed by atoms with van der Waals surface area (Å²) in [6.45, 7) is 6.86. The number of carbonyl (C=O) groups excluding carboxylic acids is 1. The first-order valence-corrected chi connectivity index (χ1v) is 9.59. The number of rotatable bonds is 3. The molecule has 30 heavy (non-hydrogen) atoms. The van der Waals surface area contributed by atoms with Crippen LogP contribution in [-0.4, -0.2) is 23.7 Å². The van der Waals surface area contributed by atoms with Gasteiger partial charge in [-0.2, -0.15) is 5.26 Å². The molecular weight excluding hydrogens is 406 g/mol. The highest BCUT2D eigenvalue weighted by Crippen LogP contribution is 2.43. The van der Waals surface area contributed by atoms with Crippen molar-refractivity contribution in [3.05, 3.63) is 57.8 Å². The van der Waals surface area contributed by atoms with Crippen LogP contribution in [0.15, 0.2) is 47.1 Å². The maximum absolute atomic E-state index is 13.0. The van der Waals surface area contributed by atoms with Gasteiger partial charge in [0.1, 0.15) is 33.9 Å². The number of allylic oxidation sites excluding steroid dienone is 2. The Morgan fingerprint density at radius 2 is 2.03 bits per heavy atom. The summed E-state index contributed by atoms with van der Waals surface area (Å²) in [6, 6.07) is 9.16. The van der Waals surface area contributed by atoms with Crippen molar-refractivity contribution >= 4 is 28.5 Å². The molecule has 8 heteroatoms. The molecule has 0 fully saturated rings. The number of pyridine rings is 1. The Bertz CT molecular complexity index is 1140. The van der Waals surface area contributed by atoms with Gasteiger partial charge in [-0.3, -0.25) is 0 Å². The number of carbonyl (C=O) groups is 1. The summed E-state index contributed by atoms with van der Waals surface area (Å²) in [4.78, 5) is 17.5. The van der Waals surface area contributed by atoms with E-state index >= 15 is 0 Å². The lowest BCUT2D eigenvalue weighted by atomic mass is 9.83. The molecule has 0 radical (unpaired) electrons. The van der Waals surface area contributed by atoms with Crippen LogP contribution in [0, 0.1) is 11.3 Å². The van der Waals surface area contributed by atoms with E-state index in [1.807, 2.05) is 6.07 Å². The SMILES string of the molecule is COc1ccc2nc(Cl)c(C3C(C#N)=C(N)OC(C)=C3C(=O)OC(C)(C)C)cc2c1. The molecule has 1 aromatic heterocycles. The monoisotopic (exact) mass is 427 g/mol. The Morgan fingerprint density at radius 3 is 2.63 bits per heavy atom. The predicted octanol–water partition coefficient (Wildman–Crippen LogP) is 4.32. The van der Waals surface area contributed by atoms with E-state index < -0.39 is 17.5 Å². The van der Waals surface area contributed by atoms with E-state index in [0.717, 1.165) is 5.39 Å². The van der Waals surface area contributed by atoms with Crippen molar-refractivity contribution in [2.24, 2.45) is 5.73 Å². The highest BCUT2D eigenvalue weighted by Gasteiger charge is 2.39. The summed E-state index contributed by atoms with van der Waals surface area (Å²) >= 11 is 6.50. The average Bonchev–Trinajstić information content (AvgIpc) is 2.65. The second-order valence-corrected chi connectivity index (χ2v) is 8.18. The number of methoxy groups -OCH3 is 1. The Balaban J connectivity index is 2.24. The lowest BCUT2D eigenvalue weighted by Crippen LogP contribution is -2.30. The molecule has 3 rings (SSSR count). The van der Waals surface area contributed by atoms with Gasteiger partial charge in [0, 0.05) is 10.9 Å². The molecule has 1 aliphatic rings. The molecule has 2 heterocycles. The Hall–Kier alpha value is -3.24. The van der Waals surface area contributed by atoms with Crippen molar-refractivity contribution in [2.45, 2.75) is 39.2 Å². The normalized spacial score (nSPS) is 16.9. The largest absolute Gasteiger partial charge is 0.497 e. The molecule has 0 saturated carbocycles. The Labute approximate surface area is 179 Å². The number of nitrogens with two attached hydrogens (primary N) is 1. The van der Waals surface area contributed by atoms with Gasteiger partial charge >= 0.3 is 5.97 Å². The van der Waals surface area contributed by atoms with Crippen molar-refractivity contribution in [1.29, 1.82) is 5.26 Å². The topological polar surface area (TPSA) is 107 Å². The summed E-state index contributed by atoms with van der Waals surface area (Å²) < 4.78 is 16.3. The molecule has 7 nitrogen and oxygen atoms in total. The fourth-order valence-electron chi connectivity index (χ4n) is 3.27. The molecule has 0 spiro atoms. The molecule has 0 saturated heterocycles. The minimum Gasteiger partial charge on any atom is -0.497 e. The summed E-state index contributed by atoms with van der Waals surface area (Å²) in [5.41, 5.74) is 6.53. The van der Waals surface area contributed by atoms with Crippen LogP contribution in [0.1, 0.15) is 39.2 Å². The molecule has 1 unspecified atom stereocenters. The summed E-state index contributed by atoms with van der Waals surface area (Å²) in [5, 5.41) is 10.7. The van der Waals surface area contributed by atoms with Crippen LogP contribution in [0.2, 0.25) is 5.15 Å². The smallest absolute Gasteiger partial charge is 0.338 e. The van der Waals surface area contributed by atoms with Gasteiger partial charge in [-0.1, -0.05) is 11.6 Å². The third kappa shape index (κ3) is 4.05. The van der Waals surface area contributed by atoms with Crippen molar-refractivity contribution in [3.63, 3.8) is 0 Å². The molecule has 1 aliphatic heterocycles. The van der Waals surface area contributed by atoms with Crippen molar-refractivity contribution in [1.82, 2.24) is 4.98 Å². The minimum atomic E-state index is -0.880. The van der Waals surface area contributed by atoms with Crippen molar-refractivity contribution in [2.75, 3.05) is 7.11 Å². The van der Waals surface area contributed by atoms with Gasteiger partial charge in [0.05, 0.1) is 24.1 Å². The summed E-state index contributed by atoms with van der Waals surface area (Å²) in [7, 11) is 1.56. The van der Waals surface area contributed by atoms with Gasteiger partial charge in [0.2, 0.25) is 5.88 Å². The third-order valence-corrected chi connectivity index (χ3v) is 4.84. The van der Waals surface area contributed by atoms with Crippen LogP contribution in [0.25, 0.3) is 10.9 Å². The fourth-order valence-corrected chi connectivity index (χ4v) is 3.52. The van der Waals surface area contributed by atoms with Gasteiger partial charge in [0.15, 0.2) is 0 Å². The third-order valence-electron chi connectivity index (χ3n) is 4.54. The zero-order chi connectivity index (χ0) is 22.2. The summed E-state index contributed by atoms with van der Waals surface area (Å²) in [5.74, 6) is -0.706. The molecule has 1 aromatic carbocycles. The van der Waals surface area contributed by atoms with Crippen LogP contribution in [0.3, 0.4) is 0 Å². The van der Waals surface area contributed by atoms with Crippen LogP contribution < -0.4 is 10.5 Å². The van der Waals surface area contributed by atoms with E-state index in [2.05, 4.69) is 4.98 Å². The first kappa shape index (κ1) is 21.5. The lowest BCUT2D eigenvalue weighted by Gasteiger charge is -2.29. The van der Waals surface area contributed by atoms with Crippen molar-refractivity contribution in [3.8, 4) is 11.8 Å². The van der Waals surface area contributed by atoms with E-state index in [1.54, 1.807) is 59.1 Å². The van der Waals surface area contributed by atoms with E-state index in [0.29, 0.717) is 16.8 Å². The molecule has 156 valence electrons. The van der Waals surface area contributed by atoms with Crippen LogP contribution in [0.5, 0.6) is 5.75 Å². The van der Waals surface area contributed by atoms with E-state index in [1.165, 1.54) is 0 Å². The zero-order valence-corrected chi connectivity index (χ0v) is 18.1. The van der Waals surface area contributed by atoms with E-state index in [9.17, 15) is 10.1 Å². The maximum Gasteiger partial charge on any atom is 0.338 e. The molecule has 2 aromatic rings. The van der Waals surface area contributed by atoms with Gasteiger partial charge in [-0.25, -0.2) is 9.78 Å². The van der Waals surface area contributed by atoms with Gasteiger partial charge in [-0.15, -0.1) is 0 Å². The van der Waals surface area contributed by atoms with Gasteiger partial charge < -0.3 is 19.9 Å². The number of benzene rings is 1. The lowest BCUT2D eigenvalue weighted by molar-refractivity contribution is -0.150. The average molecular weight is 428 g/mol. The molecule has 0 bridgehead atoms. The zero-order valence-electron chi connectivity index (χ0n) is 17.4. The second kappa shape index (κ2) is 7.88. The molecule has 2 N–H and O–H groups in total. The molecule has 1 atom stereocenters. The van der Waals surface area contributed by atoms with Crippen LogP contribution >= 0.6 is 11.6 Å². The first-order valence-electron chi connectivity index (χ1n) is 9.21. The number of hydrogen-bond acceptors (Lipinski definition) is 7. The van der Waals surface area contributed by atoms with Gasteiger partial charge in [0.25, 0.3) is 0 Å². The number of fused-ring (bicyclic) bond motifs is 1. The number of aromatic nitrogens is 1. The highest BCUT2D eigenvalue weighted by molar-refractivity contribution is 6.30. The van der Waals surface area contributed by atoms with E-state index in [4.69, 9.17) is 31.5 Å². The quantitative estimate of drug-likeness (QED) is 0.574. The minimum absolute atomic E-state index is 0.0624. The molecule has 0 amide bonds. The van der Waals surface area contributed by atoms with Crippen molar-refractivity contribution < 1.29 is 19.0 Å². The highest BCUT2D eigenvalue weighted by atomic mass is 35.5. The second-order valence-electron chi connectivity index (χ2n) is 7.82. The fraction of sp³-hybridized carbons (Fsp3) is 0.318. The Kier molecular flexibility index (Phi) is 5.64. The molecule has 0 aliphatic carbocycles. The van der Waals surface area contributed by atoms with E-state index in [-0.39, 0.29) is 27.9 Å².